The molecule has 5 N–H and O–H groups in total. The first-order valence-corrected chi connectivity index (χ1v) is 14.5. The number of carbonyl (C=O) groups is 2. The SMILES string of the molecule is CNC(=N)NCCC[C@H](NC(=O)CC(C)(C)C)C(=O)N[C@@H](CC(C)C)B1O[C@@H]2C[C@@H]3C[C@@H](C3(C)C)[C@]2(C)O1. The third kappa shape index (κ3) is 7.03. The van der Waals surface area contributed by atoms with E-state index in [1.54, 1.807) is 7.05 Å². The second-order valence-corrected chi connectivity index (χ2v) is 14.1. The van der Waals surface area contributed by atoms with Gasteiger partial charge in [0, 0.05) is 20.0 Å². The number of guanidine groups is 1. The molecule has 10 heteroatoms. The Balaban J connectivity index is 1.70. The van der Waals surface area contributed by atoms with Gasteiger partial charge in [0.2, 0.25) is 11.8 Å². The van der Waals surface area contributed by atoms with Crippen LogP contribution in [0, 0.1) is 34.0 Å². The summed E-state index contributed by atoms with van der Waals surface area (Å²) in [5.74, 6) is 1.02. The van der Waals surface area contributed by atoms with Gasteiger partial charge in [-0.25, -0.2) is 0 Å². The van der Waals surface area contributed by atoms with Crippen LogP contribution in [0.4, 0.5) is 0 Å². The van der Waals surface area contributed by atoms with Crippen LogP contribution < -0.4 is 21.3 Å². The maximum Gasteiger partial charge on any atom is 0.481 e. The van der Waals surface area contributed by atoms with E-state index < -0.39 is 13.2 Å². The Labute approximate surface area is 230 Å². The van der Waals surface area contributed by atoms with Crippen molar-refractivity contribution in [1.82, 2.24) is 21.3 Å². The maximum absolute atomic E-state index is 13.6. The third-order valence-corrected chi connectivity index (χ3v) is 8.91. The molecule has 0 spiro atoms. The standard InChI is InChI=1S/C28H52BN5O4/c1-17(2)13-22(29-37-21-15-18-14-20(27(18,6)7)28(21,8)38-29)34-24(36)19(11-10-12-32-25(30)31-9)33-23(35)16-26(3,4)5/h17-22H,10-16H2,1-9H3,(H,33,35)(H,34,36)(H3,30,31,32)/t18-,19-,20-,21+,22-,28-/m0/s1. The van der Waals surface area contributed by atoms with E-state index in [-0.39, 0.29) is 46.3 Å². The van der Waals surface area contributed by atoms with Crippen LogP contribution in [0.3, 0.4) is 0 Å². The minimum atomic E-state index is -0.670. The van der Waals surface area contributed by atoms with Crippen LogP contribution in [0.5, 0.6) is 0 Å². The summed E-state index contributed by atoms with van der Waals surface area (Å²) in [5, 5.41) is 19.6. The lowest BCUT2D eigenvalue weighted by Crippen LogP contribution is -2.65. The van der Waals surface area contributed by atoms with Gasteiger partial charge < -0.3 is 30.6 Å². The van der Waals surface area contributed by atoms with Crippen molar-refractivity contribution in [2.45, 2.75) is 118 Å². The Morgan fingerprint density at radius 2 is 1.82 bits per heavy atom. The summed E-state index contributed by atoms with van der Waals surface area (Å²) in [6, 6.07) is -0.670. The monoisotopic (exact) mass is 533 g/mol. The second-order valence-electron chi connectivity index (χ2n) is 14.1. The average molecular weight is 534 g/mol. The molecule has 0 aromatic carbocycles. The lowest BCUT2D eigenvalue weighted by atomic mass is 9.43. The Morgan fingerprint density at radius 1 is 1.13 bits per heavy atom. The first-order valence-electron chi connectivity index (χ1n) is 14.5. The molecule has 2 bridgehead atoms. The first-order chi connectivity index (χ1) is 17.6. The molecule has 6 atom stereocenters. The molecule has 4 fully saturated rings. The highest BCUT2D eigenvalue weighted by molar-refractivity contribution is 6.48. The van der Waals surface area contributed by atoms with E-state index in [0.717, 1.165) is 12.8 Å². The Morgan fingerprint density at radius 3 is 2.39 bits per heavy atom. The van der Waals surface area contributed by atoms with Gasteiger partial charge in [0.15, 0.2) is 5.96 Å². The molecule has 9 nitrogen and oxygen atoms in total. The summed E-state index contributed by atoms with van der Waals surface area (Å²) in [5.41, 5.74) is -0.270. The molecule has 3 aliphatic carbocycles. The molecule has 1 heterocycles. The minimum Gasteiger partial charge on any atom is -0.404 e. The second kappa shape index (κ2) is 11.7. The van der Waals surface area contributed by atoms with Crippen molar-refractivity contribution in [2.75, 3.05) is 13.6 Å². The van der Waals surface area contributed by atoms with Gasteiger partial charge in [0.05, 0.1) is 17.6 Å². The minimum absolute atomic E-state index is 0.0479. The van der Waals surface area contributed by atoms with Gasteiger partial charge in [0.25, 0.3) is 0 Å². The predicted molar refractivity (Wildman–Crippen MR) is 152 cm³/mol. The van der Waals surface area contributed by atoms with E-state index in [4.69, 9.17) is 14.7 Å². The Bertz CT molecular complexity index is 876. The lowest BCUT2D eigenvalue weighted by molar-refractivity contribution is -0.199. The van der Waals surface area contributed by atoms with E-state index in [0.29, 0.717) is 43.6 Å². The average Bonchev–Trinajstić information content (AvgIpc) is 3.15. The van der Waals surface area contributed by atoms with Gasteiger partial charge in [0.1, 0.15) is 6.04 Å². The zero-order valence-electron chi connectivity index (χ0n) is 25.1. The van der Waals surface area contributed by atoms with Gasteiger partial charge in [-0.15, -0.1) is 0 Å². The smallest absolute Gasteiger partial charge is 0.404 e. The van der Waals surface area contributed by atoms with Crippen LogP contribution in [-0.4, -0.2) is 62.2 Å². The number of amides is 2. The maximum atomic E-state index is 13.6. The van der Waals surface area contributed by atoms with Crippen molar-refractivity contribution in [1.29, 1.82) is 5.41 Å². The molecule has 0 aromatic rings. The molecular weight excluding hydrogens is 481 g/mol. The van der Waals surface area contributed by atoms with Gasteiger partial charge in [-0.1, -0.05) is 48.5 Å². The molecule has 4 aliphatic rings. The van der Waals surface area contributed by atoms with Gasteiger partial charge in [-0.05, 0) is 67.6 Å². The van der Waals surface area contributed by atoms with Crippen LogP contribution >= 0.6 is 0 Å². The van der Waals surface area contributed by atoms with Gasteiger partial charge >= 0.3 is 7.12 Å². The molecule has 0 aromatic heterocycles. The molecule has 0 unspecified atom stereocenters. The number of nitrogens with one attached hydrogen (secondary N) is 5. The quantitative estimate of drug-likeness (QED) is 0.120. The molecule has 4 rings (SSSR count). The zero-order valence-corrected chi connectivity index (χ0v) is 25.1. The Hall–Kier alpha value is -1.81. The fourth-order valence-electron chi connectivity index (χ4n) is 6.70. The van der Waals surface area contributed by atoms with E-state index in [9.17, 15) is 9.59 Å². The molecule has 38 heavy (non-hydrogen) atoms. The summed E-state index contributed by atoms with van der Waals surface area (Å²) < 4.78 is 13.2. The van der Waals surface area contributed by atoms with Crippen LogP contribution in [0.1, 0.15) is 93.9 Å². The largest absolute Gasteiger partial charge is 0.481 e. The molecular formula is C28H52BN5O4. The summed E-state index contributed by atoms with van der Waals surface area (Å²) >= 11 is 0. The summed E-state index contributed by atoms with van der Waals surface area (Å²) in [7, 11) is 1.18. The topological polar surface area (TPSA) is 125 Å². The molecule has 0 radical (unpaired) electrons. The van der Waals surface area contributed by atoms with E-state index in [1.165, 1.54) is 6.42 Å². The number of hydrogen-bond acceptors (Lipinski definition) is 5. The predicted octanol–water partition coefficient (Wildman–Crippen LogP) is 3.23. The van der Waals surface area contributed by atoms with Crippen molar-refractivity contribution < 1.29 is 18.9 Å². The number of carbonyl (C=O) groups excluding carboxylic acids is 2. The number of hydrogen-bond donors (Lipinski definition) is 5. The fraction of sp³-hybridized carbons (Fsp3) is 0.893. The van der Waals surface area contributed by atoms with E-state index >= 15 is 0 Å². The third-order valence-electron chi connectivity index (χ3n) is 8.91. The molecule has 216 valence electrons. The van der Waals surface area contributed by atoms with Gasteiger partial charge in [-0.2, -0.15) is 0 Å². The zero-order chi connectivity index (χ0) is 28.5. The van der Waals surface area contributed by atoms with Crippen LogP contribution in [0.2, 0.25) is 0 Å². The van der Waals surface area contributed by atoms with Crippen LogP contribution in [-0.2, 0) is 18.9 Å². The molecule has 2 amide bonds. The molecule has 1 saturated heterocycles. The lowest BCUT2D eigenvalue weighted by Gasteiger charge is -2.64. The normalized spacial score (nSPS) is 29.1. The molecule has 1 aliphatic heterocycles. The fourth-order valence-corrected chi connectivity index (χ4v) is 6.70. The van der Waals surface area contributed by atoms with Crippen molar-refractivity contribution in [3.8, 4) is 0 Å². The van der Waals surface area contributed by atoms with E-state index in [2.05, 4.69) is 55.9 Å². The van der Waals surface area contributed by atoms with Crippen molar-refractivity contribution in [2.24, 2.45) is 28.6 Å². The number of rotatable bonds is 11. The van der Waals surface area contributed by atoms with Crippen molar-refractivity contribution in [3.63, 3.8) is 0 Å². The highest BCUT2D eigenvalue weighted by Gasteiger charge is 2.68. The van der Waals surface area contributed by atoms with Crippen LogP contribution in [0.15, 0.2) is 0 Å². The summed E-state index contributed by atoms with van der Waals surface area (Å²) in [4.78, 5) is 26.4. The van der Waals surface area contributed by atoms with Crippen LogP contribution in [0.25, 0.3) is 0 Å². The van der Waals surface area contributed by atoms with E-state index in [1.807, 2.05) is 20.8 Å². The van der Waals surface area contributed by atoms with Crippen molar-refractivity contribution in [3.05, 3.63) is 0 Å². The Kier molecular flexibility index (Phi) is 9.50. The first kappa shape index (κ1) is 30.7. The van der Waals surface area contributed by atoms with Crippen molar-refractivity contribution >= 4 is 24.9 Å². The van der Waals surface area contributed by atoms with Gasteiger partial charge in [-0.3, -0.25) is 15.0 Å². The summed E-state index contributed by atoms with van der Waals surface area (Å²) in [6.45, 7) is 17.7. The molecule has 3 saturated carbocycles. The highest BCUT2D eigenvalue weighted by atomic mass is 16.7. The highest BCUT2D eigenvalue weighted by Crippen LogP contribution is 2.65. The summed E-state index contributed by atoms with van der Waals surface area (Å²) in [6.07, 6.45) is 4.37.